The van der Waals surface area contributed by atoms with Gasteiger partial charge in [-0.15, -0.1) is 11.3 Å². The molecule has 7 heterocycles. The standard InChI is InChI=1S/C48H57F2N9O5S/c1-7-29-30-12-13-32-38-24-65-39(53-38)22-37(54-45(60)34-21-33(34)31-10-8-14-51-44(31)50)46(61)59-15-9-11-36(55-59)47(62)64-26-48(3,4)25-58(43(30)40(32)49)42(29)35-20-28(23-52-41(35)27(2)63-6)57-18-16-56(5)17-19-57/h8,10,12-14,20,23-24,27,33-34,36-37,55H,7,9,11,15-19,21-22,25-26H2,1-6H3,(H,54,60)/t27-,33+,34-,36-,37-/m0/s1. The van der Waals surface area contributed by atoms with E-state index in [4.69, 9.17) is 19.4 Å². The third kappa shape index (κ3) is 8.87. The Morgan fingerprint density at radius 3 is 2.66 bits per heavy atom. The molecular weight excluding hydrogens is 853 g/mol. The molecule has 9 rings (SSSR count). The number of likely N-dealkylation sites (N-methyl/N-ethyl adjacent to an activating group) is 1. The zero-order valence-electron chi connectivity index (χ0n) is 37.8. The van der Waals surface area contributed by atoms with Crippen molar-refractivity contribution in [2.24, 2.45) is 11.3 Å². The number of nitrogens with one attached hydrogen (secondary N) is 2. The van der Waals surface area contributed by atoms with Crippen molar-refractivity contribution in [2.45, 2.75) is 90.4 Å². The third-order valence-corrected chi connectivity index (χ3v) is 14.3. The lowest BCUT2D eigenvalue weighted by Gasteiger charge is -2.35. The summed E-state index contributed by atoms with van der Waals surface area (Å²) in [7, 11) is 3.78. The molecular formula is C48H57F2N9O5S. The molecule has 0 unspecified atom stereocenters. The van der Waals surface area contributed by atoms with Crippen LogP contribution in [0.1, 0.15) is 80.8 Å². The Morgan fingerprint density at radius 2 is 1.91 bits per heavy atom. The fourth-order valence-electron chi connectivity index (χ4n) is 9.65. The quantitative estimate of drug-likeness (QED) is 0.131. The molecule has 344 valence electrons. The molecule has 2 amide bonds. The smallest absolute Gasteiger partial charge is 0.324 e. The maximum absolute atomic E-state index is 17.8. The van der Waals surface area contributed by atoms with Crippen LogP contribution in [0.25, 0.3) is 33.4 Å². The lowest BCUT2D eigenvalue weighted by atomic mass is 9.93. The summed E-state index contributed by atoms with van der Waals surface area (Å²) < 4.78 is 46.4. The fraction of sp³-hybridized carbons (Fsp3) is 0.500. The van der Waals surface area contributed by atoms with Gasteiger partial charge in [-0.1, -0.05) is 32.9 Å². The number of aromatic nitrogens is 4. The summed E-state index contributed by atoms with van der Waals surface area (Å²) in [5, 5.41) is 7.37. The van der Waals surface area contributed by atoms with Crippen LogP contribution in [0, 0.1) is 23.1 Å². The molecule has 4 aromatic heterocycles. The number of rotatable bonds is 8. The van der Waals surface area contributed by atoms with E-state index >= 15 is 4.39 Å². The highest BCUT2D eigenvalue weighted by molar-refractivity contribution is 7.10. The number of pyridine rings is 2. The van der Waals surface area contributed by atoms with Crippen molar-refractivity contribution in [3.8, 4) is 22.5 Å². The Balaban J connectivity index is 1.15. The summed E-state index contributed by atoms with van der Waals surface area (Å²) in [6.45, 7) is 12.1. The van der Waals surface area contributed by atoms with E-state index in [1.165, 1.54) is 22.5 Å². The first-order valence-corrected chi connectivity index (χ1v) is 23.5. The number of carbonyl (C=O) groups excluding carboxylic acids is 3. The number of aryl methyl sites for hydroxylation is 1. The van der Waals surface area contributed by atoms with Gasteiger partial charge in [0.2, 0.25) is 11.9 Å². The number of thiazole rings is 1. The van der Waals surface area contributed by atoms with Crippen molar-refractivity contribution < 1.29 is 32.6 Å². The highest BCUT2D eigenvalue weighted by Gasteiger charge is 2.47. The highest BCUT2D eigenvalue weighted by Crippen LogP contribution is 2.48. The van der Waals surface area contributed by atoms with Crippen LogP contribution in [0.15, 0.2) is 48.1 Å². The number of ether oxygens (including phenoxy) is 2. The molecule has 5 aromatic rings. The first-order valence-electron chi connectivity index (χ1n) is 22.6. The topological polar surface area (TPSA) is 147 Å². The first kappa shape index (κ1) is 44.8. The Hall–Kier alpha value is -5.36. The average molecular weight is 910 g/mol. The van der Waals surface area contributed by atoms with Crippen LogP contribution in [-0.4, -0.2) is 113 Å². The zero-order valence-corrected chi connectivity index (χ0v) is 38.6. The number of piperazine rings is 1. The maximum atomic E-state index is 17.8. The van der Waals surface area contributed by atoms with Crippen molar-refractivity contribution >= 4 is 45.7 Å². The molecule has 1 saturated carbocycles. The van der Waals surface area contributed by atoms with Crippen molar-refractivity contribution in [1.29, 1.82) is 0 Å². The molecule has 1 aromatic carbocycles. The first-order chi connectivity index (χ1) is 31.2. The summed E-state index contributed by atoms with van der Waals surface area (Å²) in [5.41, 5.74) is 8.20. The van der Waals surface area contributed by atoms with E-state index in [0.29, 0.717) is 59.6 Å². The molecule has 14 nitrogen and oxygen atoms in total. The fourth-order valence-corrected chi connectivity index (χ4v) is 10.5. The number of cyclic esters (lactones) is 1. The van der Waals surface area contributed by atoms with Gasteiger partial charge in [-0.25, -0.2) is 19.8 Å². The van der Waals surface area contributed by atoms with E-state index in [1.54, 1.807) is 30.7 Å². The minimum Gasteiger partial charge on any atom is -0.464 e. The summed E-state index contributed by atoms with van der Waals surface area (Å²) in [6, 6.07) is 7.24. The molecule has 0 spiro atoms. The second kappa shape index (κ2) is 18.1. The molecule has 65 heavy (non-hydrogen) atoms. The average Bonchev–Trinajstić information content (AvgIpc) is 3.87. The van der Waals surface area contributed by atoms with Gasteiger partial charge < -0.3 is 29.2 Å². The number of esters is 1. The SMILES string of the molecule is CCc1c(-c2cc(N3CCN(C)CC3)cnc2[C@H](C)OC)n2c3c(F)c(ccc13)-c1csc(n1)C[C@H](NC(=O)[C@H]1C[C@@H]1c1cccnc1F)C(=O)N1CCC[C@H](N1)C(=O)OCC(C)(C)C2. The normalized spacial score (nSPS) is 23.3. The number of fused-ring (bicyclic) bond motifs is 6. The van der Waals surface area contributed by atoms with Crippen LogP contribution in [0.3, 0.4) is 0 Å². The number of hydrazine groups is 1. The van der Waals surface area contributed by atoms with Crippen LogP contribution in [-0.2, 0) is 43.2 Å². The Bertz CT molecular complexity index is 2630. The van der Waals surface area contributed by atoms with Crippen LogP contribution < -0.4 is 15.6 Å². The molecule has 2 saturated heterocycles. The number of hydrogen-bond donors (Lipinski definition) is 2. The van der Waals surface area contributed by atoms with Gasteiger partial charge in [0.1, 0.15) is 12.1 Å². The van der Waals surface area contributed by atoms with E-state index in [1.807, 2.05) is 37.6 Å². The number of amides is 2. The van der Waals surface area contributed by atoms with Gasteiger partial charge in [-0.05, 0) is 63.4 Å². The van der Waals surface area contributed by atoms with Gasteiger partial charge in [0.15, 0.2) is 5.82 Å². The molecule has 17 heteroatoms. The molecule has 2 N–H and O–H groups in total. The van der Waals surface area contributed by atoms with Gasteiger partial charge in [0.05, 0.1) is 52.2 Å². The maximum Gasteiger partial charge on any atom is 0.324 e. The van der Waals surface area contributed by atoms with Gasteiger partial charge in [0.25, 0.3) is 5.91 Å². The molecule has 3 fully saturated rings. The molecule has 4 aliphatic rings. The number of anilines is 1. The summed E-state index contributed by atoms with van der Waals surface area (Å²) >= 11 is 1.27. The number of carbonyl (C=O) groups is 3. The molecule has 6 bridgehead atoms. The van der Waals surface area contributed by atoms with Gasteiger partial charge in [-0.2, -0.15) is 4.39 Å². The van der Waals surface area contributed by atoms with Crippen LogP contribution in [0.4, 0.5) is 14.5 Å². The van der Waals surface area contributed by atoms with E-state index in [-0.39, 0.29) is 31.6 Å². The minimum absolute atomic E-state index is 0.00890. The second-order valence-electron chi connectivity index (χ2n) is 18.7. The zero-order chi connectivity index (χ0) is 45.7. The van der Waals surface area contributed by atoms with Crippen molar-refractivity contribution in [3.63, 3.8) is 0 Å². The number of hydrogen-bond acceptors (Lipinski definition) is 12. The number of benzene rings is 1. The highest BCUT2D eigenvalue weighted by atomic mass is 32.1. The van der Waals surface area contributed by atoms with Crippen LogP contribution in [0.5, 0.6) is 0 Å². The Morgan fingerprint density at radius 1 is 1.11 bits per heavy atom. The number of methoxy groups -OCH3 is 1. The molecule has 0 radical (unpaired) electrons. The van der Waals surface area contributed by atoms with Gasteiger partial charge in [-0.3, -0.25) is 24.4 Å². The lowest BCUT2D eigenvalue weighted by Crippen LogP contribution is -2.60. The number of halogens is 2. The van der Waals surface area contributed by atoms with E-state index < -0.39 is 53.0 Å². The molecule has 3 aliphatic heterocycles. The monoisotopic (exact) mass is 909 g/mol. The van der Waals surface area contributed by atoms with Crippen molar-refractivity contribution in [3.05, 3.63) is 81.7 Å². The Kier molecular flexibility index (Phi) is 12.5. The minimum atomic E-state index is -1.08. The van der Waals surface area contributed by atoms with Gasteiger partial charge >= 0.3 is 5.97 Å². The predicted molar refractivity (Wildman–Crippen MR) is 244 cm³/mol. The Labute approximate surface area is 381 Å². The van der Waals surface area contributed by atoms with E-state index in [2.05, 4.69) is 45.6 Å². The van der Waals surface area contributed by atoms with Crippen molar-refractivity contribution in [1.82, 2.24) is 40.2 Å². The van der Waals surface area contributed by atoms with Crippen LogP contribution >= 0.6 is 11.3 Å². The van der Waals surface area contributed by atoms with Crippen LogP contribution in [0.2, 0.25) is 0 Å². The summed E-state index contributed by atoms with van der Waals surface area (Å²) in [6.07, 6.45) is 4.88. The number of nitrogens with zero attached hydrogens (tertiary/aromatic N) is 7. The van der Waals surface area contributed by atoms with E-state index in [0.717, 1.165) is 59.8 Å². The third-order valence-electron chi connectivity index (χ3n) is 13.5. The largest absolute Gasteiger partial charge is 0.464 e. The molecule has 5 atom stereocenters. The predicted octanol–water partition coefficient (Wildman–Crippen LogP) is 6.43. The van der Waals surface area contributed by atoms with Crippen molar-refractivity contribution in [2.75, 3.05) is 58.4 Å². The lowest BCUT2D eigenvalue weighted by molar-refractivity contribution is -0.155. The van der Waals surface area contributed by atoms with E-state index in [9.17, 15) is 18.8 Å². The summed E-state index contributed by atoms with van der Waals surface area (Å²) in [4.78, 5) is 60.4. The summed E-state index contributed by atoms with van der Waals surface area (Å²) in [5.74, 6) is -3.33. The second-order valence-corrected chi connectivity index (χ2v) is 19.6. The van der Waals surface area contributed by atoms with Gasteiger partial charge in [0, 0.05) is 104 Å². The molecule has 1 aliphatic carbocycles.